The molecule has 3 aliphatic rings. The number of hydrogen-bond acceptors (Lipinski definition) is 7. The van der Waals surface area contributed by atoms with E-state index in [9.17, 15) is 4.79 Å². The van der Waals surface area contributed by atoms with Crippen molar-refractivity contribution < 1.29 is 33.2 Å². The van der Waals surface area contributed by atoms with Gasteiger partial charge in [0.1, 0.15) is 23.0 Å². The van der Waals surface area contributed by atoms with Crippen LogP contribution in [0.15, 0.2) is 30.3 Å². The number of methoxy groups -OCH3 is 3. The van der Waals surface area contributed by atoms with Gasteiger partial charge in [0, 0.05) is 49.1 Å². The fraction of sp³-hybridized carbons (Fsp3) is 0.409. The molecule has 2 aromatic carbocycles. The summed E-state index contributed by atoms with van der Waals surface area (Å²) >= 11 is 0. The third kappa shape index (κ3) is 2.57. The topological polar surface area (TPSA) is 72.5 Å². The van der Waals surface area contributed by atoms with Crippen LogP contribution in [0.1, 0.15) is 29.9 Å². The molecule has 0 bridgehead atoms. The summed E-state index contributed by atoms with van der Waals surface area (Å²) in [7, 11) is 4.80. The monoisotopic (exact) mass is 398 g/mol. The molecule has 152 valence electrons. The van der Waals surface area contributed by atoms with E-state index in [1.165, 1.54) is 0 Å². The van der Waals surface area contributed by atoms with Crippen LogP contribution >= 0.6 is 0 Å². The van der Waals surface area contributed by atoms with Crippen molar-refractivity contribution in [2.45, 2.75) is 24.5 Å². The van der Waals surface area contributed by atoms with Crippen molar-refractivity contribution in [1.82, 2.24) is 0 Å². The van der Waals surface area contributed by atoms with Crippen molar-refractivity contribution in [1.29, 1.82) is 0 Å². The van der Waals surface area contributed by atoms with E-state index in [0.29, 0.717) is 41.6 Å². The van der Waals surface area contributed by atoms with Gasteiger partial charge in [0.25, 0.3) is 0 Å². The maximum Gasteiger partial charge on any atom is 0.231 e. The molecule has 29 heavy (non-hydrogen) atoms. The molecule has 0 saturated heterocycles. The number of Topliss-reactive ketones (excluding diaryl/α,β-unsaturated/α-hetero) is 1. The minimum absolute atomic E-state index is 0.109. The summed E-state index contributed by atoms with van der Waals surface area (Å²) in [6.45, 7) is 0.159. The van der Waals surface area contributed by atoms with Gasteiger partial charge in [-0.15, -0.1) is 0 Å². The van der Waals surface area contributed by atoms with Gasteiger partial charge < -0.3 is 28.4 Å². The van der Waals surface area contributed by atoms with E-state index in [1.54, 1.807) is 21.3 Å². The van der Waals surface area contributed by atoms with Crippen molar-refractivity contribution in [3.8, 4) is 28.7 Å². The number of hydrogen-bond donors (Lipinski definition) is 0. The van der Waals surface area contributed by atoms with Gasteiger partial charge in [0.15, 0.2) is 11.5 Å². The first-order valence-corrected chi connectivity index (χ1v) is 9.52. The molecule has 7 heteroatoms. The molecule has 2 aliphatic heterocycles. The molecule has 7 nitrogen and oxygen atoms in total. The average molecular weight is 398 g/mol. The van der Waals surface area contributed by atoms with Gasteiger partial charge in [-0.3, -0.25) is 4.79 Å². The Balaban J connectivity index is 1.75. The van der Waals surface area contributed by atoms with E-state index < -0.39 is 11.7 Å². The molecule has 1 fully saturated rings. The number of benzene rings is 2. The Morgan fingerprint density at radius 1 is 0.966 bits per heavy atom. The third-order valence-electron chi connectivity index (χ3n) is 6.12. The van der Waals surface area contributed by atoms with Gasteiger partial charge in [-0.25, -0.2) is 0 Å². The Morgan fingerprint density at radius 3 is 2.48 bits per heavy atom. The molecule has 0 N–H and O–H groups in total. The van der Waals surface area contributed by atoms with E-state index in [-0.39, 0.29) is 18.5 Å². The predicted molar refractivity (Wildman–Crippen MR) is 102 cm³/mol. The molecule has 0 spiro atoms. The first-order valence-electron chi connectivity index (χ1n) is 9.52. The van der Waals surface area contributed by atoms with Gasteiger partial charge in [-0.05, 0) is 12.1 Å². The second-order valence-electron chi connectivity index (χ2n) is 7.39. The number of carbonyl (C=O) groups excluding carboxylic acids is 1. The number of ether oxygens (including phenoxy) is 6. The minimum Gasteiger partial charge on any atom is -0.497 e. The lowest BCUT2D eigenvalue weighted by Gasteiger charge is -2.43. The second kappa shape index (κ2) is 6.56. The zero-order valence-electron chi connectivity index (χ0n) is 16.5. The fourth-order valence-corrected chi connectivity index (χ4v) is 4.74. The summed E-state index contributed by atoms with van der Waals surface area (Å²) in [6.07, 6.45) is 0.893. The molecule has 3 atom stereocenters. The summed E-state index contributed by atoms with van der Waals surface area (Å²) in [5.41, 5.74) is 1.73. The summed E-state index contributed by atoms with van der Waals surface area (Å²) in [6, 6.07) is 9.35. The van der Waals surface area contributed by atoms with Crippen molar-refractivity contribution >= 4 is 5.78 Å². The van der Waals surface area contributed by atoms with E-state index in [2.05, 4.69) is 0 Å². The van der Waals surface area contributed by atoms with Gasteiger partial charge in [-0.1, -0.05) is 6.07 Å². The molecule has 0 amide bonds. The lowest BCUT2D eigenvalue weighted by atomic mass is 9.74. The maximum atomic E-state index is 13.0. The van der Waals surface area contributed by atoms with Crippen molar-refractivity contribution in [3.63, 3.8) is 0 Å². The average Bonchev–Trinajstić information content (AvgIpc) is 3.34. The zero-order valence-corrected chi connectivity index (χ0v) is 16.5. The van der Waals surface area contributed by atoms with Crippen LogP contribution in [0.5, 0.6) is 28.7 Å². The highest BCUT2D eigenvalue weighted by molar-refractivity contribution is 5.87. The van der Waals surface area contributed by atoms with Crippen LogP contribution in [0.25, 0.3) is 0 Å². The molecule has 0 radical (unpaired) electrons. The summed E-state index contributed by atoms with van der Waals surface area (Å²) in [5.74, 6) is 1.49. The lowest BCUT2D eigenvalue weighted by molar-refractivity contribution is -0.198. The van der Waals surface area contributed by atoms with E-state index >= 15 is 0 Å². The zero-order chi connectivity index (χ0) is 20.2. The highest BCUT2D eigenvalue weighted by Gasteiger charge is 2.59. The molecule has 5 rings (SSSR count). The molecule has 2 aromatic rings. The Bertz CT molecular complexity index is 985. The maximum absolute atomic E-state index is 13.0. The molecular weight excluding hydrogens is 376 g/mol. The van der Waals surface area contributed by atoms with E-state index in [0.717, 1.165) is 11.1 Å². The third-order valence-corrected chi connectivity index (χ3v) is 6.12. The largest absolute Gasteiger partial charge is 0.497 e. The molecule has 1 saturated carbocycles. The molecule has 2 heterocycles. The Kier molecular flexibility index (Phi) is 4.10. The van der Waals surface area contributed by atoms with E-state index in [1.807, 2.05) is 30.3 Å². The van der Waals surface area contributed by atoms with Crippen molar-refractivity contribution in [2.24, 2.45) is 5.92 Å². The van der Waals surface area contributed by atoms with Crippen LogP contribution in [0, 0.1) is 5.92 Å². The van der Waals surface area contributed by atoms with Crippen molar-refractivity contribution in [3.05, 3.63) is 41.5 Å². The standard InChI is InChI=1S/C22H22O7/c1-24-12-4-5-13(16(8-12)25-2)20-14-9-18-19(28-11-27-18)10-17(14)29-22(26-3)7-6-15(23)21(20)22/h4-5,8-10,20-21H,6-7,11H2,1-3H3. The number of ketones is 1. The van der Waals surface area contributed by atoms with Gasteiger partial charge in [0.2, 0.25) is 12.6 Å². The Morgan fingerprint density at radius 2 is 1.76 bits per heavy atom. The van der Waals surface area contributed by atoms with Gasteiger partial charge >= 0.3 is 0 Å². The predicted octanol–water partition coefficient (Wildman–Crippen LogP) is 3.28. The molecule has 1 aliphatic carbocycles. The SMILES string of the molecule is COc1ccc(C2c3cc4c(cc3OC3(OC)CCC(=O)C23)OCO4)c(OC)c1. The van der Waals surface area contributed by atoms with Gasteiger partial charge in [-0.2, -0.15) is 0 Å². The summed E-state index contributed by atoms with van der Waals surface area (Å²) in [4.78, 5) is 13.0. The second-order valence-corrected chi connectivity index (χ2v) is 7.39. The molecular formula is C22H22O7. The smallest absolute Gasteiger partial charge is 0.231 e. The lowest BCUT2D eigenvalue weighted by Crippen LogP contribution is -2.49. The Labute approximate surface area is 168 Å². The van der Waals surface area contributed by atoms with Crippen LogP contribution in [0.4, 0.5) is 0 Å². The number of fused-ring (bicyclic) bond motifs is 3. The quantitative estimate of drug-likeness (QED) is 0.783. The Hall–Kier alpha value is -2.93. The van der Waals surface area contributed by atoms with Crippen LogP contribution in [-0.2, 0) is 9.53 Å². The highest BCUT2D eigenvalue weighted by Crippen LogP contribution is 2.57. The van der Waals surface area contributed by atoms with Crippen LogP contribution in [0.3, 0.4) is 0 Å². The number of carbonyl (C=O) groups is 1. The summed E-state index contributed by atoms with van der Waals surface area (Å²) in [5, 5.41) is 0. The van der Waals surface area contributed by atoms with Gasteiger partial charge in [0.05, 0.1) is 20.1 Å². The first kappa shape index (κ1) is 18.1. The molecule has 0 aromatic heterocycles. The fourth-order valence-electron chi connectivity index (χ4n) is 4.74. The number of rotatable bonds is 4. The summed E-state index contributed by atoms with van der Waals surface area (Å²) < 4.78 is 34.3. The minimum atomic E-state index is -1.02. The van der Waals surface area contributed by atoms with E-state index in [4.69, 9.17) is 28.4 Å². The van der Waals surface area contributed by atoms with Crippen LogP contribution < -0.4 is 23.7 Å². The van der Waals surface area contributed by atoms with Crippen LogP contribution in [-0.4, -0.2) is 39.7 Å². The molecule has 3 unspecified atom stereocenters. The van der Waals surface area contributed by atoms with Crippen LogP contribution in [0.2, 0.25) is 0 Å². The van der Waals surface area contributed by atoms with Crippen molar-refractivity contribution in [2.75, 3.05) is 28.1 Å². The normalized spacial score (nSPS) is 26.5. The highest BCUT2D eigenvalue weighted by atomic mass is 16.7. The first-order chi connectivity index (χ1) is 14.1.